The van der Waals surface area contributed by atoms with Crippen LogP contribution in [0.15, 0.2) is 18.2 Å². The fraction of sp³-hybridized carbons (Fsp3) is 0.412. The molecule has 1 aromatic carbocycles. The molecule has 0 aromatic heterocycles. The molecule has 0 fully saturated rings. The fourth-order valence-electron chi connectivity index (χ4n) is 2.74. The molecule has 0 spiro atoms. The van der Waals surface area contributed by atoms with Crippen LogP contribution in [-0.4, -0.2) is 57.2 Å². The molecule has 0 aliphatic rings. The molecule has 29 heavy (non-hydrogen) atoms. The fourth-order valence-corrected chi connectivity index (χ4v) is 2.74. The van der Waals surface area contributed by atoms with Gasteiger partial charge in [0.2, 0.25) is 0 Å². The van der Waals surface area contributed by atoms with Gasteiger partial charge in [0.1, 0.15) is 5.82 Å². The molecule has 11 nitrogen and oxygen atoms in total. The molecule has 1 aromatic rings. The highest BCUT2D eigenvalue weighted by molar-refractivity contribution is 6.01. The number of carbonyl (C=O) groups excluding carboxylic acids is 4. The minimum Gasteiger partial charge on any atom is -0.468 e. The van der Waals surface area contributed by atoms with Crippen molar-refractivity contribution in [3.05, 3.63) is 39.7 Å². The van der Waals surface area contributed by atoms with Gasteiger partial charge < -0.3 is 18.9 Å². The molecule has 0 amide bonds. The second kappa shape index (κ2) is 10.1. The maximum absolute atomic E-state index is 14.7. The van der Waals surface area contributed by atoms with Gasteiger partial charge in [0.15, 0.2) is 11.8 Å². The Bertz CT molecular complexity index is 756. The number of hydrogen-bond acceptors (Lipinski definition) is 10. The van der Waals surface area contributed by atoms with E-state index in [1.54, 1.807) is 0 Å². The van der Waals surface area contributed by atoms with E-state index in [1.807, 2.05) is 0 Å². The van der Waals surface area contributed by atoms with E-state index in [4.69, 9.17) is 0 Å². The summed E-state index contributed by atoms with van der Waals surface area (Å²) in [6, 6.07) is 2.26. The van der Waals surface area contributed by atoms with Crippen LogP contribution in [0, 0.1) is 27.8 Å². The summed E-state index contributed by atoms with van der Waals surface area (Å²) in [5, 5.41) is 10.9. The predicted octanol–water partition coefficient (Wildman–Crippen LogP) is 0.742. The van der Waals surface area contributed by atoms with Crippen LogP contribution in [0.3, 0.4) is 0 Å². The SMILES string of the molecule is COC(=O)C(C(=O)OC)C(c1ccc([N+](=O)[O-])cc1F)C(C(=O)OC)C(=O)OC. The first kappa shape index (κ1) is 23.5. The van der Waals surface area contributed by atoms with Crippen LogP contribution < -0.4 is 0 Å². The van der Waals surface area contributed by atoms with E-state index >= 15 is 0 Å². The van der Waals surface area contributed by atoms with E-state index in [-0.39, 0.29) is 0 Å². The first-order valence-corrected chi connectivity index (χ1v) is 7.89. The van der Waals surface area contributed by atoms with Crippen molar-refractivity contribution in [2.75, 3.05) is 28.4 Å². The lowest BCUT2D eigenvalue weighted by Crippen LogP contribution is -2.42. The number of nitro benzene ring substituents is 1. The van der Waals surface area contributed by atoms with E-state index in [0.717, 1.165) is 40.6 Å². The number of nitro groups is 1. The van der Waals surface area contributed by atoms with Gasteiger partial charge in [0.05, 0.1) is 39.4 Å². The van der Waals surface area contributed by atoms with Crippen molar-refractivity contribution < 1.29 is 47.4 Å². The Labute approximate surface area is 163 Å². The van der Waals surface area contributed by atoms with Crippen LogP contribution in [0.1, 0.15) is 11.5 Å². The molecule has 1 rings (SSSR count). The van der Waals surface area contributed by atoms with Gasteiger partial charge >= 0.3 is 23.9 Å². The molecule has 0 heterocycles. The summed E-state index contributed by atoms with van der Waals surface area (Å²) in [4.78, 5) is 59.1. The standard InChI is InChI=1S/C17H18FNO10/c1-26-14(20)12(15(21)27-2)11(13(16(22)28-3)17(23)29-4)9-6-5-8(19(24)25)7-10(9)18/h5-7,11-13H,1-4H3. The zero-order valence-electron chi connectivity index (χ0n) is 15.9. The zero-order valence-corrected chi connectivity index (χ0v) is 15.9. The molecule has 0 saturated heterocycles. The monoisotopic (exact) mass is 415 g/mol. The van der Waals surface area contributed by atoms with Gasteiger partial charge in [-0.3, -0.25) is 29.3 Å². The van der Waals surface area contributed by atoms with Crippen molar-refractivity contribution in [2.45, 2.75) is 5.92 Å². The first-order valence-electron chi connectivity index (χ1n) is 7.89. The number of hydrogen-bond donors (Lipinski definition) is 0. The largest absolute Gasteiger partial charge is 0.468 e. The molecule has 0 aliphatic heterocycles. The molecule has 0 aliphatic carbocycles. The number of halogens is 1. The number of methoxy groups -OCH3 is 4. The summed E-state index contributed by atoms with van der Waals surface area (Å²) < 4.78 is 32.9. The molecule has 0 bridgehead atoms. The third-order valence-corrected chi connectivity index (χ3v) is 4.09. The molecule has 0 unspecified atom stereocenters. The van der Waals surface area contributed by atoms with E-state index in [9.17, 15) is 33.7 Å². The first-order chi connectivity index (χ1) is 13.6. The lowest BCUT2D eigenvalue weighted by atomic mass is 9.76. The van der Waals surface area contributed by atoms with Gasteiger partial charge in [-0.1, -0.05) is 0 Å². The van der Waals surface area contributed by atoms with Crippen molar-refractivity contribution in [2.24, 2.45) is 11.8 Å². The topological polar surface area (TPSA) is 148 Å². The van der Waals surface area contributed by atoms with E-state index in [1.165, 1.54) is 0 Å². The Kier molecular flexibility index (Phi) is 8.18. The van der Waals surface area contributed by atoms with Crippen LogP contribution in [0.2, 0.25) is 0 Å². The smallest absolute Gasteiger partial charge is 0.320 e. The molecule has 0 saturated carbocycles. The lowest BCUT2D eigenvalue weighted by Gasteiger charge is -2.28. The molecule has 158 valence electrons. The molecular formula is C17H18FNO10. The number of nitrogens with zero attached hydrogens (tertiary/aromatic N) is 1. The third kappa shape index (κ3) is 5.03. The number of esters is 4. The number of carbonyl (C=O) groups is 4. The van der Waals surface area contributed by atoms with Gasteiger partial charge in [-0.05, 0) is 11.6 Å². The maximum Gasteiger partial charge on any atom is 0.320 e. The van der Waals surface area contributed by atoms with Gasteiger partial charge in [-0.2, -0.15) is 0 Å². The minimum absolute atomic E-state index is 0.513. The zero-order chi connectivity index (χ0) is 22.3. The van der Waals surface area contributed by atoms with E-state index < -0.39 is 63.6 Å². The van der Waals surface area contributed by atoms with Crippen molar-refractivity contribution in [1.29, 1.82) is 0 Å². The molecule has 0 radical (unpaired) electrons. The summed E-state index contributed by atoms with van der Waals surface area (Å²) in [5.41, 5.74) is -1.16. The Hall–Kier alpha value is -3.57. The van der Waals surface area contributed by atoms with Crippen molar-refractivity contribution >= 4 is 29.6 Å². The Morgan fingerprint density at radius 2 is 1.24 bits per heavy atom. The number of non-ortho nitro benzene ring substituents is 1. The van der Waals surface area contributed by atoms with Gasteiger partial charge in [-0.15, -0.1) is 0 Å². The maximum atomic E-state index is 14.7. The Morgan fingerprint density at radius 3 is 1.52 bits per heavy atom. The van der Waals surface area contributed by atoms with E-state index in [0.29, 0.717) is 6.07 Å². The predicted molar refractivity (Wildman–Crippen MR) is 90.8 cm³/mol. The average Bonchev–Trinajstić information content (AvgIpc) is 2.71. The summed E-state index contributed by atoms with van der Waals surface area (Å²) in [5.74, 6) is -12.0. The second-order valence-electron chi connectivity index (χ2n) is 5.54. The van der Waals surface area contributed by atoms with Crippen molar-refractivity contribution in [1.82, 2.24) is 0 Å². The molecule has 12 heteroatoms. The summed E-state index contributed by atoms with van der Waals surface area (Å²) in [7, 11) is 3.69. The van der Waals surface area contributed by atoms with Crippen LogP contribution in [0.25, 0.3) is 0 Å². The summed E-state index contributed by atoms with van der Waals surface area (Å²) in [6.45, 7) is 0. The number of benzene rings is 1. The minimum atomic E-state index is -1.98. The van der Waals surface area contributed by atoms with Crippen molar-refractivity contribution in [3.63, 3.8) is 0 Å². The highest BCUT2D eigenvalue weighted by atomic mass is 19.1. The molecular weight excluding hydrogens is 397 g/mol. The van der Waals surface area contributed by atoms with Gasteiger partial charge in [0, 0.05) is 12.0 Å². The average molecular weight is 415 g/mol. The lowest BCUT2D eigenvalue weighted by molar-refractivity contribution is -0.385. The van der Waals surface area contributed by atoms with Crippen LogP contribution in [-0.2, 0) is 38.1 Å². The Balaban J connectivity index is 3.82. The summed E-state index contributed by atoms with van der Waals surface area (Å²) in [6.07, 6.45) is 0. The normalized spacial score (nSPS) is 10.6. The molecule has 0 N–H and O–H groups in total. The number of ether oxygens (including phenoxy) is 4. The van der Waals surface area contributed by atoms with Gasteiger partial charge in [0.25, 0.3) is 5.69 Å². The highest BCUT2D eigenvalue weighted by Gasteiger charge is 2.50. The van der Waals surface area contributed by atoms with Crippen LogP contribution >= 0.6 is 0 Å². The quantitative estimate of drug-likeness (QED) is 0.196. The van der Waals surface area contributed by atoms with Crippen LogP contribution in [0.4, 0.5) is 10.1 Å². The second-order valence-corrected chi connectivity index (χ2v) is 5.54. The molecule has 0 atom stereocenters. The summed E-state index contributed by atoms with van der Waals surface area (Å²) >= 11 is 0. The number of rotatable bonds is 8. The van der Waals surface area contributed by atoms with Crippen molar-refractivity contribution in [3.8, 4) is 0 Å². The Morgan fingerprint density at radius 1 is 0.862 bits per heavy atom. The highest BCUT2D eigenvalue weighted by Crippen LogP contribution is 2.38. The van der Waals surface area contributed by atoms with Crippen LogP contribution in [0.5, 0.6) is 0 Å². The third-order valence-electron chi connectivity index (χ3n) is 4.09. The van der Waals surface area contributed by atoms with E-state index in [2.05, 4.69) is 18.9 Å². The van der Waals surface area contributed by atoms with Gasteiger partial charge in [-0.25, -0.2) is 4.39 Å².